The van der Waals surface area contributed by atoms with E-state index in [0.29, 0.717) is 22.2 Å². The first-order chi connectivity index (χ1) is 21.2. The number of anilines is 1. The smallest absolute Gasteiger partial charge is 0.345 e. The van der Waals surface area contributed by atoms with Gasteiger partial charge in [0.25, 0.3) is 5.91 Å². The number of rotatable bonds is 10. The maximum absolute atomic E-state index is 13.8. The zero-order valence-corrected chi connectivity index (χ0v) is 23.6. The molecular formula is C28H27F3N10O3. The van der Waals surface area contributed by atoms with Crippen molar-refractivity contribution >= 4 is 28.8 Å². The zero-order chi connectivity index (χ0) is 31.4. The molecule has 0 bridgehead atoms. The quantitative estimate of drug-likeness (QED) is 0.242. The number of nitrogens with one attached hydrogen (secondary N) is 1. The normalized spacial score (nSPS) is 12.0. The van der Waals surface area contributed by atoms with Crippen LogP contribution in [-0.4, -0.2) is 78.5 Å². The van der Waals surface area contributed by atoms with E-state index in [4.69, 9.17) is 10.5 Å². The predicted octanol–water partition coefficient (Wildman–Crippen LogP) is 3.54. The second-order valence-corrected chi connectivity index (χ2v) is 9.76. The van der Waals surface area contributed by atoms with Gasteiger partial charge in [-0.3, -0.25) is 4.79 Å². The number of hydrogen-bond donors (Lipinski definition) is 2. The molecule has 0 aliphatic heterocycles. The van der Waals surface area contributed by atoms with Crippen LogP contribution in [0, 0.1) is 5.82 Å². The van der Waals surface area contributed by atoms with Gasteiger partial charge in [0.2, 0.25) is 6.43 Å². The first kappa shape index (κ1) is 29.9. The Morgan fingerprint density at radius 3 is 2.57 bits per heavy atom. The third-order valence-electron chi connectivity index (χ3n) is 6.83. The lowest BCUT2D eigenvalue weighted by atomic mass is 10.1. The molecule has 0 fully saturated rings. The van der Waals surface area contributed by atoms with Crippen molar-refractivity contribution in [2.45, 2.75) is 25.4 Å². The van der Waals surface area contributed by atoms with Crippen molar-refractivity contribution in [3.05, 3.63) is 78.4 Å². The van der Waals surface area contributed by atoms with E-state index < -0.39 is 36.6 Å². The molecule has 2 aromatic carbocycles. The van der Waals surface area contributed by atoms with Crippen molar-refractivity contribution < 1.29 is 27.5 Å². The summed E-state index contributed by atoms with van der Waals surface area (Å²) in [6.45, 7) is -0.0142. The minimum absolute atomic E-state index is 0.0589. The summed E-state index contributed by atoms with van der Waals surface area (Å²) in [5.74, 6) is -0.753. The van der Waals surface area contributed by atoms with Crippen LogP contribution in [0.3, 0.4) is 0 Å². The van der Waals surface area contributed by atoms with E-state index in [9.17, 15) is 22.8 Å². The Kier molecular flexibility index (Phi) is 8.68. The maximum atomic E-state index is 13.8. The first-order valence-corrected chi connectivity index (χ1v) is 13.2. The number of alkyl halides is 2. The highest BCUT2D eigenvalue weighted by molar-refractivity contribution is 5.98. The molecule has 5 rings (SSSR count). The Labute approximate surface area is 248 Å². The third-order valence-corrected chi connectivity index (χ3v) is 6.83. The fraction of sp³-hybridized carbons (Fsp3) is 0.250. The Morgan fingerprint density at radius 1 is 1.11 bits per heavy atom. The number of methoxy groups -OCH3 is 1. The highest BCUT2D eigenvalue weighted by atomic mass is 19.3. The second-order valence-electron chi connectivity index (χ2n) is 9.76. The van der Waals surface area contributed by atoms with Gasteiger partial charge >= 0.3 is 6.03 Å². The van der Waals surface area contributed by atoms with Crippen LogP contribution in [0.25, 0.3) is 22.3 Å². The molecule has 16 heteroatoms. The van der Waals surface area contributed by atoms with Gasteiger partial charge in [-0.05, 0) is 23.8 Å². The predicted molar refractivity (Wildman–Crippen MR) is 152 cm³/mol. The number of nitrogens with zero attached hydrogens (tertiary/aromatic N) is 8. The number of benzene rings is 2. The SMILES string of the molecule is COc1ccc(F)cc1C(=O)NCc1ccc(-c2nn(C(CC(F)F)CN(C)C(=O)n3cncn3)c3ncnc(N)c23)cc1. The molecule has 0 saturated heterocycles. The van der Waals surface area contributed by atoms with Gasteiger partial charge in [0.15, 0.2) is 5.65 Å². The van der Waals surface area contributed by atoms with Crippen LogP contribution in [0.4, 0.5) is 23.8 Å². The summed E-state index contributed by atoms with van der Waals surface area (Å²) in [6, 6.07) is 9.05. The Bertz CT molecular complexity index is 1780. The minimum Gasteiger partial charge on any atom is -0.496 e. The molecule has 44 heavy (non-hydrogen) atoms. The molecule has 0 aliphatic carbocycles. The number of nitrogen functional groups attached to an aromatic ring is 1. The van der Waals surface area contributed by atoms with E-state index in [2.05, 4.69) is 30.5 Å². The highest BCUT2D eigenvalue weighted by Crippen LogP contribution is 2.33. The summed E-state index contributed by atoms with van der Waals surface area (Å²) in [7, 11) is 2.85. The number of nitrogens with two attached hydrogens (primary N) is 1. The molecule has 0 saturated carbocycles. The molecule has 3 N–H and O–H groups in total. The van der Waals surface area contributed by atoms with Crippen molar-refractivity contribution in [1.29, 1.82) is 0 Å². The molecule has 228 valence electrons. The van der Waals surface area contributed by atoms with Crippen LogP contribution in [0.15, 0.2) is 61.4 Å². The summed E-state index contributed by atoms with van der Waals surface area (Å²) < 4.78 is 48.7. The van der Waals surface area contributed by atoms with Crippen molar-refractivity contribution in [2.24, 2.45) is 0 Å². The molecule has 5 aromatic rings. The maximum Gasteiger partial charge on any atom is 0.345 e. The fourth-order valence-corrected chi connectivity index (χ4v) is 4.70. The van der Waals surface area contributed by atoms with Gasteiger partial charge in [-0.25, -0.2) is 37.6 Å². The lowest BCUT2D eigenvalue weighted by molar-refractivity contribution is 0.0947. The summed E-state index contributed by atoms with van der Waals surface area (Å²) >= 11 is 0. The number of carbonyl (C=O) groups excluding carboxylic acids is 2. The van der Waals surface area contributed by atoms with Crippen molar-refractivity contribution in [2.75, 3.05) is 26.4 Å². The number of fused-ring (bicyclic) bond motifs is 1. The lowest BCUT2D eigenvalue weighted by Gasteiger charge is -2.24. The second kappa shape index (κ2) is 12.8. The number of aromatic nitrogens is 7. The van der Waals surface area contributed by atoms with Gasteiger partial charge in [-0.2, -0.15) is 14.9 Å². The van der Waals surface area contributed by atoms with Gasteiger partial charge < -0.3 is 20.7 Å². The van der Waals surface area contributed by atoms with Crippen molar-refractivity contribution in [1.82, 2.24) is 44.7 Å². The summed E-state index contributed by atoms with van der Waals surface area (Å²) in [5, 5.41) is 11.5. The van der Waals surface area contributed by atoms with E-state index in [-0.39, 0.29) is 35.9 Å². The molecule has 0 spiro atoms. The Hall–Kier alpha value is -5.54. The summed E-state index contributed by atoms with van der Waals surface area (Å²) in [6.07, 6.45) is 0.283. The average Bonchev–Trinajstić information content (AvgIpc) is 3.69. The Balaban J connectivity index is 1.41. The number of halogens is 3. The molecule has 3 heterocycles. The fourth-order valence-electron chi connectivity index (χ4n) is 4.70. The summed E-state index contributed by atoms with van der Waals surface area (Å²) in [5.41, 5.74) is 8.13. The number of carbonyl (C=O) groups is 2. The van der Waals surface area contributed by atoms with Gasteiger partial charge in [-0.15, -0.1) is 0 Å². The Morgan fingerprint density at radius 2 is 1.89 bits per heavy atom. The standard InChI is InChI=1S/C28H27F3N10O3/c1-39(28(43)40-15-33-13-37-40)12-19(10-22(30)31)41-26-23(25(32)35-14-36-26)24(38-41)17-5-3-16(4-6-17)11-34-27(42)20-9-18(29)7-8-21(20)44-2/h3-9,13-15,19,22H,10-12H2,1-2H3,(H,34,42)(H2,32,35,36). The monoisotopic (exact) mass is 608 g/mol. The largest absolute Gasteiger partial charge is 0.496 e. The number of amides is 2. The van der Waals surface area contributed by atoms with Crippen LogP contribution < -0.4 is 15.8 Å². The van der Waals surface area contributed by atoms with Gasteiger partial charge in [0.05, 0.1) is 24.1 Å². The van der Waals surface area contributed by atoms with Crippen molar-refractivity contribution in [3.63, 3.8) is 0 Å². The minimum atomic E-state index is -2.71. The van der Waals surface area contributed by atoms with Crippen LogP contribution >= 0.6 is 0 Å². The van der Waals surface area contributed by atoms with Gasteiger partial charge in [0, 0.05) is 32.1 Å². The number of ether oxygens (including phenoxy) is 1. The number of likely N-dealkylation sites (N-methyl/N-ethyl adjacent to an activating group) is 1. The van der Waals surface area contributed by atoms with E-state index in [0.717, 1.165) is 10.7 Å². The van der Waals surface area contributed by atoms with E-state index in [1.54, 1.807) is 24.3 Å². The first-order valence-electron chi connectivity index (χ1n) is 13.2. The molecule has 0 aliphatic rings. The van der Waals surface area contributed by atoms with Crippen molar-refractivity contribution in [3.8, 4) is 17.0 Å². The average molecular weight is 609 g/mol. The molecule has 3 aromatic heterocycles. The van der Waals surface area contributed by atoms with E-state index in [1.807, 2.05) is 0 Å². The van der Waals surface area contributed by atoms with Crippen LogP contribution in [0.2, 0.25) is 0 Å². The molecular weight excluding hydrogens is 581 g/mol. The van der Waals surface area contributed by atoms with E-state index in [1.165, 1.54) is 54.9 Å². The number of hydrogen-bond acceptors (Lipinski definition) is 9. The van der Waals surface area contributed by atoms with Gasteiger partial charge in [0.1, 0.15) is 42.1 Å². The molecule has 2 amide bonds. The third kappa shape index (κ3) is 6.28. The van der Waals surface area contributed by atoms with Gasteiger partial charge in [-0.1, -0.05) is 24.3 Å². The molecule has 1 atom stereocenters. The van der Waals surface area contributed by atoms with E-state index >= 15 is 0 Å². The van der Waals surface area contributed by atoms with Crippen LogP contribution in [-0.2, 0) is 6.54 Å². The lowest BCUT2D eigenvalue weighted by Crippen LogP contribution is -2.37. The molecule has 1 unspecified atom stereocenters. The zero-order valence-electron chi connectivity index (χ0n) is 23.6. The molecule has 13 nitrogen and oxygen atoms in total. The highest BCUT2D eigenvalue weighted by Gasteiger charge is 2.27. The van der Waals surface area contributed by atoms with Crippen LogP contribution in [0.5, 0.6) is 5.75 Å². The summed E-state index contributed by atoms with van der Waals surface area (Å²) in [4.78, 5) is 38.7. The topological polar surface area (TPSA) is 159 Å². The molecule has 0 radical (unpaired) electrons. The van der Waals surface area contributed by atoms with Crippen LogP contribution in [0.1, 0.15) is 28.4 Å².